The van der Waals surface area contributed by atoms with Crippen molar-refractivity contribution in [2.24, 2.45) is 0 Å². The van der Waals surface area contributed by atoms with Crippen LogP contribution >= 0.6 is 0 Å². The number of para-hydroxylation sites is 1. The van der Waals surface area contributed by atoms with Crippen molar-refractivity contribution in [1.29, 1.82) is 0 Å². The molecule has 0 heterocycles. The van der Waals surface area contributed by atoms with Crippen molar-refractivity contribution in [3.8, 4) is 5.75 Å². The van der Waals surface area contributed by atoms with E-state index in [1.165, 1.54) is 0 Å². The van der Waals surface area contributed by atoms with E-state index in [-0.39, 0.29) is 11.4 Å². The Labute approximate surface area is 121 Å². The molecule has 0 aliphatic carbocycles. The molecule has 4 nitrogen and oxygen atoms in total. The van der Waals surface area contributed by atoms with E-state index in [0.29, 0.717) is 30.2 Å². The van der Waals surface area contributed by atoms with Crippen LogP contribution in [0.15, 0.2) is 30.9 Å². The average Bonchev–Trinajstić information content (AvgIpc) is 2.36. The first kappa shape index (κ1) is 16.1. The summed E-state index contributed by atoms with van der Waals surface area (Å²) in [5.74, 6) is 0.353. The molecule has 0 atom stereocenters. The summed E-state index contributed by atoms with van der Waals surface area (Å²) in [5, 5.41) is 0. The van der Waals surface area contributed by atoms with Gasteiger partial charge in [0.15, 0.2) is 5.75 Å². The first-order valence-corrected chi connectivity index (χ1v) is 6.77. The fourth-order valence-electron chi connectivity index (χ4n) is 1.96. The number of hydrogen-bond donors (Lipinski definition) is 1. The number of nitrogens with zero attached hydrogens (tertiary/aromatic N) is 1. The van der Waals surface area contributed by atoms with E-state index in [1.54, 1.807) is 29.2 Å². The molecular weight excluding hydrogens is 252 g/mol. The van der Waals surface area contributed by atoms with Crippen LogP contribution in [0.4, 0.5) is 5.69 Å². The average molecular weight is 276 g/mol. The van der Waals surface area contributed by atoms with Gasteiger partial charge >= 0.3 is 0 Å². The van der Waals surface area contributed by atoms with Crippen LogP contribution in [0.5, 0.6) is 5.75 Å². The Kier molecular flexibility index (Phi) is 5.19. The highest BCUT2D eigenvalue weighted by Gasteiger charge is 2.28. The first-order valence-electron chi connectivity index (χ1n) is 6.77. The van der Waals surface area contributed by atoms with Gasteiger partial charge in [-0.2, -0.15) is 0 Å². The van der Waals surface area contributed by atoms with Crippen molar-refractivity contribution in [3.05, 3.63) is 36.4 Å². The Balaban J connectivity index is 3.25. The SMILES string of the molecule is C=CCN(C(=O)c1cccc(N)c1OCC)C(C)(C)C. The molecule has 0 unspecified atom stereocenters. The first-order chi connectivity index (χ1) is 9.32. The molecule has 0 saturated carbocycles. The highest BCUT2D eigenvalue weighted by Crippen LogP contribution is 2.29. The molecule has 0 radical (unpaired) electrons. The third kappa shape index (κ3) is 3.53. The molecular formula is C16H24N2O2. The summed E-state index contributed by atoms with van der Waals surface area (Å²) >= 11 is 0. The number of nitrogen functional groups attached to an aromatic ring is 1. The Bertz CT molecular complexity index is 490. The second-order valence-corrected chi connectivity index (χ2v) is 5.53. The molecule has 0 spiro atoms. The molecule has 2 N–H and O–H groups in total. The molecule has 4 heteroatoms. The van der Waals surface area contributed by atoms with Crippen molar-refractivity contribution >= 4 is 11.6 Å². The summed E-state index contributed by atoms with van der Waals surface area (Å²) < 4.78 is 5.53. The van der Waals surface area contributed by atoms with Gasteiger partial charge in [-0.25, -0.2) is 0 Å². The van der Waals surface area contributed by atoms with E-state index in [0.717, 1.165) is 0 Å². The van der Waals surface area contributed by atoms with E-state index >= 15 is 0 Å². The zero-order valence-corrected chi connectivity index (χ0v) is 12.8. The minimum absolute atomic E-state index is 0.104. The zero-order chi connectivity index (χ0) is 15.3. The molecule has 0 saturated heterocycles. The molecule has 0 aromatic heterocycles. The molecule has 1 aromatic rings. The van der Waals surface area contributed by atoms with Crippen LogP contribution < -0.4 is 10.5 Å². The monoisotopic (exact) mass is 276 g/mol. The number of benzene rings is 1. The van der Waals surface area contributed by atoms with Crippen LogP contribution in [-0.4, -0.2) is 29.5 Å². The number of hydrogen-bond acceptors (Lipinski definition) is 3. The summed E-state index contributed by atoms with van der Waals surface area (Å²) in [6, 6.07) is 5.24. The molecule has 0 bridgehead atoms. The number of carbonyl (C=O) groups excluding carboxylic acids is 1. The summed E-state index contributed by atoms with van der Waals surface area (Å²) in [4.78, 5) is 14.5. The number of anilines is 1. The number of ether oxygens (including phenoxy) is 1. The van der Waals surface area contributed by atoms with Crippen molar-refractivity contribution in [2.75, 3.05) is 18.9 Å². The lowest BCUT2D eigenvalue weighted by molar-refractivity contribution is 0.0612. The van der Waals surface area contributed by atoms with Crippen molar-refractivity contribution in [2.45, 2.75) is 33.2 Å². The van der Waals surface area contributed by atoms with Crippen molar-refractivity contribution < 1.29 is 9.53 Å². The lowest BCUT2D eigenvalue weighted by atomic mass is 10.0. The Morgan fingerprint density at radius 2 is 2.10 bits per heavy atom. The second kappa shape index (κ2) is 6.46. The highest BCUT2D eigenvalue weighted by molar-refractivity contribution is 5.99. The van der Waals surface area contributed by atoms with Gasteiger partial charge in [0, 0.05) is 12.1 Å². The molecule has 110 valence electrons. The molecule has 1 rings (SSSR count). The summed E-state index contributed by atoms with van der Waals surface area (Å²) in [7, 11) is 0. The lowest BCUT2D eigenvalue weighted by Gasteiger charge is -2.35. The number of rotatable bonds is 5. The third-order valence-electron chi connectivity index (χ3n) is 2.93. The Hall–Kier alpha value is -1.97. The molecule has 1 aromatic carbocycles. The molecule has 0 fully saturated rings. The van der Waals surface area contributed by atoms with Crippen LogP contribution in [0, 0.1) is 0 Å². The molecule has 0 aliphatic rings. The predicted octanol–water partition coefficient (Wildman–Crippen LogP) is 3.09. The Morgan fingerprint density at radius 1 is 1.45 bits per heavy atom. The normalized spacial score (nSPS) is 11.0. The number of carbonyl (C=O) groups is 1. The fraction of sp³-hybridized carbons (Fsp3) is 0.438. The molecule has 0 aliphatic heterocycles. The van der Waals surface area contributed by atoms with Crippen LogP contribution in [0.1, 0.15) is 38.1 Å². The second-order valence-electron chi connectivity index (χ2n) is 5.53. The molecule has 20 heavy (non-hydrogen) atoms. The van der Waals surface area contributed by atoms with Gasteiger partial charge in [-0.1, -0.05) is 12.1 Å². The van der Waals surface area contributed by atoms with Crippen LogP contribution in [-0.2, 0) is 0 Å². The van der Waals surface area contributed by atoms with E-state index in [2.05, 4.69) is 6.58 Å². The maximum atomic E-state index is 12.8. The molecule has 1 amide bonds. The van der Waals surface area contributed by atoms with Crippen molar-refractivity contribution in [3.63, 3.8) is 0 Å². The zero-order valence-electron chi connectivity index (χ0n) is 12.8. The maximum Gasteiger partial charge on any atom is 0.258 e. The smallest absolute Gasteiger partial charge is 0.258 e. The van der Waals surface area contributed by atoms with Gasteiger partial charge in [0.1, 0.15) is 0 Å². The van der Waals surface area contributed by atoms with Gasteiger partial charge in [-0.05, 0) is 39.8 Å². The van der Waals surface area contributed by atoms with Crippen LogP contribution in [0.3, 0.4) is 0 Å². The standard InChI is InChI=1S/C16H24N2O2/c1-6-11-18(16(3,4)5)15(19)12-9-8-10-13(17)14(12)20-7-2/h6,8-10H,1,7,11,17H2,2-5H3. The maximum absolute atomic E-state index is 12.8. The van der Waals surface area contributed by atoms with E-state index < -0.39 is 0 Å². The number of amides is 1. The minimum Gasteiger partial charge on any atom is -0.491 e. The van der Waals surface area contributed by atoms with Gasteiger partial charge in [0.2, 0.25) is 0 Å². The topological polar surface area (TPSA) is 55.6 Å². The fourth-order valence-corrected chi connectivity index (χ4v) is 1.96. The van der Waals surface area contributed by atoms with Crippen LogP contribution in [0.25, 0.3) is 0 Å². The third-order valence-corrected chi connectivity index (χ3v) is 2.93. The van der Waals surface area contributed by atoms with Gasteiger partial charge in [0.25, 0.3) is 5.91 Å². The highest BCUT2D eigenvalue weighted by atomic mass is 16.5. The van der Waals surface area contributed by atoms with E-state index in [1.807, 2.05) is 27.7 Å². The largest absolute Gasteiger partial charge is 0.491 e. The predicted molar refractivity (Wildman–Crippen MR) is 83.0 cm³/mol. The van der Waals surface area contributed by atoms with Crippen molar-refractivity contribution in [1.82, 2.24) is 4.90 Å². The van der Waals surface area contributed by atoms with E-state index in [4.69, 9.17) is 10.5 Å². The van der Waals surface area contributed by atoms with Gasteiger partial charge < -0.3 is 15.4 Å². The van der Waals surface area contributed by atoms with Gasteiger partial charge in [0.05, 0.1) is 17.9 Å². The van der Waals surface area contributed by atoms with Gasteiger partial charge in [-0.3, -0.25) is 4.79 Å². The Morgan fingerprint density at radius 3 is 2.60 bits per heavy atom. The quantitative estimate of drug-likeness (QED) is 0.664. The van der Waals surface area contributed by atoms with E-state index in [9.17, 15) is 4.79 Å². The van der Waals surface area contributed by atoms with Gasteiger partial charge in [-0.15, -0.1) is 6.58 Å². The summed E-state index contributed by atoms with van der Waals surface area (Å²) in [5.41, 5.74) is 6.57. The minimum atomic E-state index is -0.306. The van der Waals surface area contributed by atoms with Crippen LogP contribution in [0.2, 0.25) is 0 Å². The lowest BCUT2D eigenvalue weighted by Crippen LogP contribution is -2.45. The summed E-state index contributed by atoms with van der Waals surface area (Å²) in [6.07, 6.45) is 1.72. The summed E-state index contributed by atoms with van der Waals surface area (Å²) in [6.45, 7) is 12.5. The number of nitrogens with two attached hydrogens (primary N) is 1.